The lowest BCUT2D eigenvalue weighted by atomic mass is 9.78. The van der Waals surface area contributed by atoms with Gasteiger partial charge in [-0.3, -0.25) is 9.59 Å². The summed E-state index contributed by atoms with van der Waals surface area (Å²) in [5.41, 5.74) is 1.83. The van der Waals surface area contributed by atoms with Gasteiger partial charge in [-0.1, -0.05) is 13.3 Å². The molecule has 1 amide bonds. The Labute approximate surface area is 138 Å². The van der Waals surface area contributed by atoms with Crippen LogP contribution in [0.15, 0.2) is 24.3 Å². The van der Waals surface area contributed by atoms with Gasteiger partial charge in [0.2, 0.25) is 5.91 Å². The molecule has 0 saturated carbocycles. The smallest absolute Gasteiger partial charge is 0.227 e. The van der Waals surface area contributed by atoms with E-state index in [1.54, 1.807) is 0 Å². The van der Waals surface area contributed by atoms with Gasteiger partial charge >= 0.3 is 0 Å². The molecule has 23 heavy (non-hydrogen) atoms. The van der Waals surface area contributed by atoms with E-state index in [9.17, 15) is 9.59 Å². The van der Waals surface area contributed by atoms with Gasteiger partial charge in [-0.15, -0.1) is 0 Å². The van der Waals surface area contributed by atoms with Crippen LogP contribution in [0.4, 0.5) is 5.69 Å². The van der Waals surface area contributed by atoms with Gasteiger partial charge in [-0.05, 0) is 62.0 Å². The zero-order valence-corrected chi connectivity index (χ0v) is 13.9. The Morgan fingerprint density at radius 2 is 1.91 bits per heavy atom. The summed E-state index contributed by atoms with van der Waals surface area (Å²) in [6, 6.07) is 7.59. The van der Waals surface area contributed by atoms with Crippen LogP contribution in [0.5, 0.6) is 0 Å². The second-order valence-corrected chi connectivity index (χ2v) is 6.98. The van der Waals surface area contributed by atoms with E-state index in [0.29, 0.717) is 12.8 Å². The SMILES string of the molecule is CCCCC(=O)c1ccc(N2CC3(CCNCC3)CC2=O)cc1. The topological polar surface area (TPSA) is 49.4 Å². The van der Waals surface area contributed by atoms with Crippen molar-refractivity contribution in [3.05, 3.63) is 29.8 Å². The molecule has 2 aliphatic heterocycles. The number of piperidine rings is 1. The second kappa shape index (κ2) is 6.83. The fourth-order valence-electron chi connectivity index (χ4n) is 3.73. The van der Waals surface area contributed by atoms with E-state index in [1.165, 1.54) is 0 Å². The third kappa shape index (κ3) is 3.47. The molecule has 4 heteroatoms. The predicted octanol–water partition coefficient (Wildman–Crippen LogP) is 3.17. The van der Waals surface area contributed by atoms with Crippen molar-refractivity contribution in [2.45, 2.75) is 45.4 Å². The summed E-state index contributed by atoms with van der Waals surface area (Å²) in [6.45, 7) is 4.92. The van der Waals surface area contributed by atoms with Crippen molar-refractivity contribution in [2.75, 3.05) is 24.5 Å². The summed E-state index contributed by atoms with van der Waals surface area (Å²) in [4.78, 5) is 26.4. The number of carbonyl (C=O) groups is 2. The van der Waals surface area contributed by atoms with E-state index >= 15 is 0 Å². The average molecular weight is 314 g/mol. The fraction of sp³-hybridized carbons (Fsp3) is 0.579. The van der Waals surface area contributed by atoms with Crippen LogP contribution in [0, 0.1) is 5.41 Å². The molecule has 1 aromatic rings. The van der Waals surface area contributed by atoms with E-state index in [0.717, 1.165) is 56.6 Å². The first-order chi connectivity index (χ1) is 11.1. The molecule has 0 unspecified atom stereocenters. The van der Waals surface area contributed by atoms with Crippen molar-refractivity contribution in [1.82, 2.24) is 5.32 Å². The van der Waals surface area contributed by atoms with Gasteiger partial charge in [0.25, 0.3) is 0 Å². The zero-order chi connectivity index (χ0) is 16.3. The summed E-state index contributed by atoms with van der Waals surface area (Å²) in [5.74, 6) is 0.415. The number of ketones is 1. The first kappa shape index (κ1) is 16.2. The molecule has 0 aliphatic carbocycles. The summed E-state index contributed by atoms with van der Waals surface area (Å²) in [5, 5.41) is 3.37. The van der Waals surface area contributed by atoms with E-state index in [1.807, 2.05) is 29.2 Å². The number of nitrogens with zero attached hydrogens (tertiary/aromatic N) is 1. The molecule has 2 heterocycles. The maximum Gasteiger partial charge on any atom is 0.227 e. The molecule has 1 aromatic carbocycles. The lowest BCUT2D eigenvalue weighted by Gasteiger charge is -2.33. The predicted molar refractivity (Wildman–Crippen MR) is 91.8 cm³/mol. The molecule has 2 aliphatic rings. The van der Waals surface area contributed by atoms with Gasteiger partial charge in [-0.2, -0.15) is 0 Å². The van der Waals surface area contributed by atoms with Crippen LogP contribution in [0.2, 0.25) is 0 Å². The van der Waals surface area contributed by atoms with Crippen LogP contribution < -0.4 is 10.2 Å². The van der Waals surface area contributed by atoms with E-state index in [4.69, 9.17) is 0 Å². The molecule has 1 spiro atoms. The number of rotatable bonds is 5. The molecular formula is C19H26N2O2. The van der Waals surface area contributed by atoms with E-state index in [-0.39, 0.29) is 17.1 Å². The highest BCUT2D eigenvalue weighted by molar-refractivity contribution is 5.99. The quantitative estimate of drug-likeness (QED) is 0.849. The number of anilines is 1. The summed E-state index contributed by atoms with van der Waals surface area (Å²) in [7, 11) is 0. The van der Waals surface area contributed by atoms with Gasteiger partial charge < -0.3 is 10.2 Å². The molecule has 0 atom stereocenters. The number of unbranched alkanes of at least 4 members (excludes halogenated alkanes) is 1. The minimum absolute atomic E-state index is 0.151. The molecule has 0 radical (unpaired) electrons. The largest absolute Gasteiger partial charge is 0.317 e. The van der Waals surface area contributed by atoms with Crippen LogP contribution in [0.25, 0.3) is 0 Å². The molecule has 0 bridgehead atoms. The van der Waals surface area contributed by atoms with E-state index in [2.05, 4.69) is 12.2 Å². The minimum Gasteiger partial charge on any atom is -0.317 e. The molecule has 124 valence electrons. The van der Waals surface area contributed by atoms with Crippen molar-refractivity contribution < 1.29 is 9.59 Å². The molecule has 3 rings (SSSR count). The summed E-state index contributed by atoms with van der Waals surface area (Å²) >= 11 is 0. The highest BCUT2D eigenvalue weighted by Crippen LogP contribution is 2.41. The normalized spacial score (nSPS) is 20.2. The van der Waals surface area contributed by atoms with Gasteiger partial charge in [0.05, 0.1) is 0 Å². The van der Waals surface area contributed by atoms with Crippen LogP contribution in [0.3, 0.4) is 0 Å². The monoisotopic (exact) mass is 314 g/mol. The third-order valence-electron chi connectivity index (χ3n) is 5.24. The Morgan fingerprint density at radius 3 is 2.57 bits per heavy atom. The number of hydrogen-bond donors (Lipinski definition) is 1. The number of benzene rings is 1. The number of carbonyl (C=O) groups excluding carboxylic acids is 2. The average Bonchev–Trinajstić information content (AvgIpc) is 2.89. The fourth-order valence-corrected chi connectivity index (χ4v) is 3.73. The van der Waals surface area contributed by atoms with Gasteiger partial charge in [0, 0.05) is 30.6 Å². The van der Waals surface area contributed by atoms with Crippen molar-refractivity contribution in [3.8, 4) is 0 Å². The Hall–Kier alpha value is -1.68. The zero-order valence-electron chi connectivity index (χ0n) is 13.9. The standard InChI is InChI=1S/C19H26N2O2/c1-2-3-4-17(22)15-5-7-16(8-6-15)21-14-19(13-18(21)23)9-11-20-12-10-19/h5-8,20H,2-4,9-14H2,1H3. The molecular weight excluding hydrogens is 288 g/mol. The Bertz CT molecular complexity index is 574. The number of hydrogen-bond acceptors (Lipinski definition) is 3. The van der Waals surface area contributed by atoms with Crippen LogP contribution >= 0.6 is 0 Å². The lowest BCUT2D eigenvalue weighted by Crippen LogP contribution is -2.38. The maximum absolute atomic E-state index is 12.4. The molecule has 2 saturated heterocycles. The Morgan fingerprint density at radius 1 is 1.22 bits per heavy atom. The van der Waals surface area contributed by atoms with Crippen LogP contribution in [-0.4, -0.2) is 31.3 Å². The number of nitrogens with one attached hydrogen (secondary N) is 1. The molecule has 4 nitrogen and oxygen atoms in total. The van der Waals surface area contributed by atoms with Crippen LogP contribution in [0.1, 0.15) is 55.8 Å². The first-order valence-electron chi connectivity index (χ1n) is 8.78. The highest BCUT2D eigenvalue weighted by atomic mass is 16.2. The Balaban J connectivity index is 1.69. The lowest BCUT2D eigenvalue weighted by molar-refractivity contribution is -0.117. The van der Waals surface area contributed by atoms with Crippen LogP contribution in [-0.2, 0) is 4.79 Å². The third-order valence-corrected chi connectivity index (χ3v) is 5.24. The first-order valence-corrected chi connectivity index (χ1v) is 8.78. The number of Topliss-reactive ketones (excluding diaryl/α,β-unsaturated/α-hetero) is 1. The molecule has 1 N–H and O–H groups in total. The van der Waals surface area contributed by atoms with Crippen molar-refractivity contribution in [3.63, 3.8) is 0 Å². The number of amides is 1. The van der Waals surface area contributed by atoms with Gasteiger partial charge in [-0.25, -0.2) is 0 Å². The second-order valence-electron chi connectivity index (χ2n) is 6.98. The van der Waals surface area contributed by atoms with Gasteiger partial charge in [0.1, 0.15) is 0 Å². The summed E-state index contributed by atoms with van der Waals surface area (Å²) < 4.78 is 0. The molecule has 0 aromatic heterocycles. The van der Waals surface area contributed by atoms with Crippen molar-refractivity contribution >= 4 is 17.4 Å². The van der Waals surface area contributed by atoms with Gasteiger partial charge in [0.15, 0.2) is 5.78 Å². The van der Waals surface area contributed by atoms with E-state index < -0.39 is 0 Å². The maximum atomic E-state index is 12.4. The Kier molecular flexibility index (Phi) is 4.81. The minimum atomic E-state index is 0.151. The highest BCUT2D eigenvalue weighted by Gasteiger charge is 2.43. The van der Waals surface area contributed by atoms with Crippen molar-refractivity contribution in [2.24, 2.45) is 5.41 Å². The summed E-state index contributed by atoms with van der Waals surface area (Å²) in [6.07, 6.45) is 5.37. The molecule has 2 fully saturated rings. The van der Waals surface area contributed by atoms with Crippen molar-refractivity contribution in [1.29, 1.82) is 0 Å².